The summed E-state index contributed by atoms with van der Waals surface area (Å²) in [4.78, 5) is 42.4. The average molecular weight is 667 g/mol. The number of ether oxygens (including phenoxy) is 1. The summed E-state index contributed by atoms with van der Waals surface area (Å²) in [5.41, 5.74) is 8.73. The first-order chi connectivity index (χ1) is 23.8. The molecule has 0 aliphatic carbocycles. The fraction of sp³-hybridized carbons (Fsp3) is 0.333. The highest BCUT2D eigenvalue weighted by molar-refractivity contribution is 5.60. The van der Waals surface area contributed by atoms with Gasteiger partial charge < -0.3 is 4.74 Å². The molecule has 49 heavy (non-hydrogen) atoms. The number of hydrogen-bond donors (Lipinski definition) is 3. The average Bonchev–Trinajstić information content (AvgIpc) is 3.82. The van der Waals surface area contributed by atoms with Crippen LogP contribution in [0.5, 0.6) is 5.75 Å². The van der Waals surface area contributed by atoms with Crippen LogP contribution in [0.4, 0.5) is 0 Å². The van der Waals surface area contributed by atoms with Crippen molar-refractivity contribution in [3.8, 4) is 17.1 Å². The first-order valence-electron chi connectivity index (χ1n) is 16.4. The van der Waals surface area contributed by atoms with Crippen molar-refractivity contribution in [3.63, 3.8) is 0 Å². The maximum absolute atomic E-state index is 11.6. The summed E-state index contributed by atoms with van der Waals surface area (Å²) < 4.78 is 20.0. The molecule has 6 aromatic rings. The molecule has 0 saturated carbocycles. The van der Waals surface area contributed by atoms with Gasteiger partial charge in [-0.15, -0.1) is 0 Å². The first-order valence-corrected chi connectivity index (χ1v) is 16.4. The van der Waals surface area contributed by atoms with Crippen molar-refractivity contribution in [3.05, 3.63) is 137 Å². The van der Waals surface area contributed by atoms with Gasteiger partial charge in [0.25, 0.3) is 0 Å². The van der Waals surface area contributed by atoms with Crippen LogP contribution in [-0.2, 0) is 38.5 Å². The number of rotatable bonds is 16. The molecular weight excluding hydrogens is 628 g/mol. The zero-order valence-electron chi connectivity index (χ0n) is 27.5. The zero-order chi connectivity index (χ0) is 34.2. The Morgan fingerprint density at radius 2 is 1.22 bits per heavy atom. The normalized spacial score (nSPS) is 11.3. The van der Waals surface area contributed by atoms with E-state index in [-0.39, 0.29) is 0 Å². The van der Waals surface area contributed by atoms with Crippen LogP contribution in [0.3, 0.4) is 0 Å². The molecule has 13 nitrogen and oxygen atoms in total. The number of nitrogens with one attached hydrogen (secondary N) is 3. The number of H-pyrrole nitrogens is 3. The minimum atomic E-state index is -0.577. The summed E-state index contributed by atoms with van der Waals surface area (Å²) in [6.45, 7) is 4.51. The van der Waals surface area contributed by atoms with Gasteiger partial charge in [0.2, 0.25) is 0 Å². The van der Waals surface area contributed by atoms with E-state index in [1.165, 1.54) is 16.7 Å². The molecule has 3 aromatic carbocycles. The highest BCUT2D eigenvalue weighted by Crippen LogP contribution is 2.26. The number of benzene rings is 3. The Morgan fingerprint density at radius 1 is 0.612 bits per heavy atom. The van der Waals surface area contributed by atoms with Gasteiger partial charge in [0.1, 0.15) is 5.75 Å². The van der Waals surface area contributed by atoms with Crippen LogP contribution in [0.2, 0.25) is 0 Å². The zero-order valence-corrected chi connectivity index (χ0v) is 27.5. The van der Waals surface area contributed by atoms with Gasteiger partial charge in [0.15, 0.2) is 17.5 Å². The quantitative estimate of drug-likeness (QED) is 0.119. The molecule has 6 rings (SSSR count). The molecule has 0 aliphatic heterocycles. The standard InChI is InChI=1S/C36H38N6O7/c1-3-46-30-19-24(13-15-28(30)21-32-38-35(44)48-41-32)7-4-5-9-25-18-23(12-14-26(25)20-31-37-34(43)47-40-31)8-6-10-27-17-22(2)11-16-29(27)33-39-36(45)49-42-33/h11-19H,3-10,20-21H2,1-2H3,(H,37,40,43)(H,38,41,44)(H,39,42,45). The number of nitrogens with zero attached hydrogens (tertiary/aromatic N) is 3. The number of unbranched alkanes of at least 4 members (excludes halogenated alkanes) is 1. The lowest BCUT2D eigenvalue weighted by Gasteiger charge is -2.13. The van der Waals surface area contributed by atoms with Crippen LogP contribution >= 0.6 is 0 Å². The Hall–Kier alpha value is -5.72. The van der Waals surface area contributed by atoms with Crippen molar-refractivity contribution in [2.45, 2.75) is 71.6 Å². The second-order valence-electron chi connectivity index (χ2n) is 12.1. The molecule has 0 bridgehead atoms. The van der Waals surface area contributed by atoms with E-state index in [1.54, 1.807) is 0 Å². The number of aromatic nitrogens is 6. The van der Waals surface area contributed by atoms with Crippen molar-refractivity contribution in [2.24, 2.45) is 0 Å². The Kier molecular flexibility index (Phi) is 10.5. The third-order valence-electron chi connectivity index (χ3n) is 8.42. The van der Waals surface area contributed by atoms with Crippen LogP contribution < -0.4 is 22.0 Å². The second kappa shape index (κ2) is 15.5. The van der Waals surface area contributed by atoms with E-state index < -0.39 is 17.3 Å². The summed E-state index contributed by atoms with van der Waals surface area (Å²) in [5, 5.41) is 11.5. The van der Waals surface area contributed by atoms with Crippen molar-refractivity contribution >= 4 is 0 Å². The molecule has 3 N–H and O–H groups in total. The third kappa shape index (κ3) is 8.80. The summed E-state index contributed by atoms with van der Waals surface area (Å²) >= 11 is 0. The fourth-order valence-electron chi connectivity index (χ4n) is 6.10. The van der Waals surface area contributed by atoms with E-state index in [1.807, 2.05) is 32.0 Å². The van der Waals surface area contributed by atoms with Gasteiger partial charge in [-0.1, -0.05) is 69.6 Å². The van der Waals surface area contributed by atoms with E-state index >= 15 is 0 Å². The van der Waals surface area contributed by atoms with Crippen molar-refractivity contribution in [1.82, 2.24) is 30.4 Å². The van der Waals surface area contributed by atoms with Gasteiger partial charge in [-0.25, -0.2) is 14.4 Å². The molecule has 0 aliphatic rings. The third-order valence-corrected chi connectivity index (χ3v) is 8.42. The lowest BCUT2D eigenvalue weighted by Crippen LogP contribution is -2.03. The fourth-order valence-corrected chi connectivity index (χ4v) is 6.10. The van der Waals surface area contributed by atoms with Crippen LogP contribution in [0.15, 0.2) is 82.6 Å². The van der Waals surface area contributed by atoms with Gasteiger partial charge in [0, 0.05) is 24.0 Å². The van der Waals surface area contributed by atoms with Gasteiger partial charge >= 0.3 is 17.3 Å². The summed E-state index contributed by atoms with van der Waals surface area (Å²) in [6, 6.07) is 18.8. The molecule has 13 heteroatoms. The maximum Gasteiger partial charge on any atom is 0.439 e. The molecular formula is C36H38N6O7. The van der Waals surface area contributed by atoms with Crippen molar-refractivity contribution in [2.75, 3.05) is 6.61 Å². The highest BCUT2D eigenvalue weighted by atomic mass is 16.5. The second-order valence-corrected chi connectivity index (χ2v) is 12.1. The lowest BCUT2D eigenvalue weighted by molar-refractivity contribution is 0.336. The molecule has 254 valence electrons. The van der Waals surface area contributed by atoms with Crippen molar-refractivity contribution in [1.29, 1.82) is 0 Å². The molecule has 0 radical (unpaired) electrons. The predicted molar refractivity (Wildman–Crippen MR) is 180 cm³/mol. The largest absolute Gasteiger partial charge is 0.494 e. The van der Waals surface area contributed by atoms with Crippen molar-refractivity contribution < 1.29 is 18.3 Å². The Balaban J connectivity index is 1.11. The molecule has 0 unspecified atom stereocenters. The number of hydrogen-bond acceptors (Lipinski definition) is 10. The lowest BCUT2D eigenvalue weighted by atomic mass is 9.93. The topological polar surface area (TPSA) is 186 Å². The van der Waals surface area contributed by atoms with E-state index in [4.69, 9.17) is 13.8 Å². The van der Waals surface area contributed by atoms with Gasteiger partial charge in [-0.05, 0) is 92.7 Å². The number of aromatic amines is 3. The van der Waals surface area contributed by atoms with Gasteiger partial charge in [-0.2, -0.15) is 0 Å². The minimum absolute atomic E-state index is 0.409. The van der Waals surface area contributed by atoms with E-state index in [2.05, 4.69) is 71.3 Å². The Labute approximate surface area is 280 Å². The molecule has 0 spiro atoms. The molecule has 3 heterocycles. The van der Waals surface area contributed by atoms with E-state index in [0.29, 0.717) is 36.9 Å². The van der Waals surface area contributed by atoms with Gasteiger partial charge in [-0.3, -0.25) is 28.5 Å². The first kappa shape index (κ1) is 33.2. The molecule has 0 saturated heterocycles. The number of aryl methyl sites for hydroxylation is 5. The summed E-state index contributed by atoms with van der Waals surface area (Å²) in [6.07, 6.45) is 7.12. The van der Waals surface area contributed by atoms with Crippen LogP contribution in [0.25, 0.3) is 11.4 Å². The maximum atomic E-state index is 11.6. The Morgan fingerprint density at radius 3 is 1.90 bits per heavy atom. The smallest absolute Gasteiger partial charge is 0.439 e. The monoisotopic (exact) mass is 666 g/mol. The Bertz CT molecular complexity index is 2180. The van der Waals surface area contributed by atoms with Crippen LogP contribution in [0, 0.1) is 6.92 Å². The van der Waals surface area contributed by atoms with Crippen LogP contribution in [-0.4, -0.2) is 37.0 Å². The molecule has 0 atom stereocenters. The molecule has 3 aromatic heterocycles. The van der Waals surface area contributed by atoms with Gasteiger partial charge in [0.05, 0.1) is 6.61 Å². The van der Waals surface area contributed by atoms with Crippen LogP contribution in [0.1, 0.15) is 76.8 Å². The predicted octanol–water partition coefficient (Wildman–Crippen LogP) is 5.01. The van der Waals surface area contributed by atoms with E-state index in [0.717, 1.165) is 78.5 Å². The highest BCUT2D eigenvalue weighted by Gasteiger charge is 2.13. The SMILES string of the molecule is CCOc1cc(CCCCc2cc(CCCc3cc(C)ccc3-c3noc(=O)[nH]3)ccc2Cc2noc(=O)[nH]2)ccc1Cc1noc(=O)[nH]1. The summed E-state index contributed by atoms with van der Waals surface area (Å²) in [5.74, 6) is 0.442. The molecule has 0 fully saturated rings. The minimum Gasteiger partial charge on any atom is -0.494 e. The molecule has 0 amide bonds. The van der Waals surface area contributed by atoms with E-state index in [9.17, 15) is 14.4 Å². The summed E-state index contributed by atoms with van der Waals surface area (Å²) in [7, 11) is 0.